The normalized spacial score (nSPS) is 11.4. The number of rotatable bonds is 6. The van der Waals surface area contributed by atoms with Crippen LogP contribution in [0.1, 0.15) is 5.56 Å². The lowest BCUT2D eigenvalue weighted by Gasteiger charge is -2.28. The molecule has 5 heteroatoms. The van der Waals surface area contributed by atoms with E-state index in [2.05, 4.69) is 103 Å². The van der Waals surface area contributed by atoms with E-state index in [0.29, 0.717) is 17.5 Å². The maximum atomic E-state index is 6.49. The van der Waals surface area contributed by atoms with Gasteiger partial charge in [-0.3, -0.25) is 0 Å². The number of anilines is 3. The molecule has 0 amide bonds. The minimum absolute atomic E-state index is 0.594. The lowest BCUT2D eigenvalue weighted by Crippen LogP contribution is -2.11. The molecule has 9 aromatic rings. The fraction of sp³-hybridized carbons (Fsp3) is 0.0227. The van der Waals surface area contributed by atoms with Gasteiger partial charge in [-0.25, -0.2) is 15.0 Å². The Hall–Kier alpha value is -6.59. The van der Waals surface area contributed by atoms with Crippen molar-refractivity contribution < 1.29 is 4.42 Å². The quantitative estimate of drug-likeness (QED) is 0.183. The highest BCUT2D eigenvalue weighted by Crippen LogP contribution is 2.43. The van der Waals surface area contributed by atoms with E-state index in [0.717, 1.165) is 55.7 Å². The van der Waals surface area contributed by atoms with E-state index in [4.69, 9.17) is 19.4 Å². The molecule has 0 aliphatic carbocycles. The van der Waals surface area contributed by atoms with Gasteiger partial charge >= 0.3 is 0 Å². The highest BCUT2D eigenvalue weighted by molar-refractivity contribution is 6.13. The van der Waals surface area contributed by atoms with Crippen molar-refractivity contribution in [3.8, 4) is 34.2 Å². The van der Waals surface area contributed by atoms with Crippen LogP contribution in [-0.2, 0) is 0 Å². The molecule has 0 aliphatic rings. The van der Waals surface area contributed by atoms with Gasteiger partial charge in [0.2, 0.25) is 0 Å². The minimum atomic E-state index is 0.594. The molecule has 49 heavy (non-hydrogen) atoms. The van der Waals surface area contributed by atoms with Gasteiger partial charge in [0, 0.05) is 44.2 Å². The number of nitrogens with zero attached hydrogens (tertiary/aromatic N) is 4. The molecule has 232 valence electrons. The fourth-order valence-corrected chi connectivity index (χ4v) is 6.69. The summed E-state index contributed by atoms with van der Waals surface area (Å²) in [4.78, 5) is 17.4. The molecular weight excluding hydrogens is 601 g/mol. The summed E-state index contributed by atoms with van der Waals surface area (Å²) in [7, 11) is 0. The van der Waals surface area contributed by atoms with Crippen molar-refractivity contribution in [2.45, 2.75) is 6.92 Å². The Morgan fingerprint density at radius 3 is 1.84 bits per heavy atom. The van der Waals surface area contributed by atoms with Gasteiger partial charge in [0.25, 0.3) is 0 Å². The van der Waals surface area contributed by atoms with Crippen LogP contribution in [0, 0.1) is 6.92 Å². The standard InChI is InChI=1S/C44H30N4O/c1-29-14-8-11-23-37(29)48(38-24-12-20-30-15-9-10-21-34(30)38)33-26-27-39-36(28-33)41-35(22-13-25-40(41)49-39)44-46-42(31-16-4-2-5-17-31)45-43(47-44)32-18-6-3-7-19-32/h2-28H,1H3. The molecule has 0 atom stereocenters. The van der Waals surface area contributed by atoms with Crippen molar-refractivity contribution in [2.24, 2.45) is 0 Å². The molecule has 0 saturated heterocycles. The van der Waals surface area contributed by atoms with E-state index in [-0.39, 0.29) is 0 Å². The van der Waals surface area contributed by atoms with Gasteiger partial charge in [-0.2, -0.15) is 0 Å². The Morgan fingerprint density at radius 1 is 0.469 bits per heavy atom. The summed E-state index contributed by atoms with van der Waals surface area (Å²) < 4.78 is 6.49. The monoisotopic (exact) mass is 630 g/mol. The molecule has 0 aliphatic heterocycles. The maximum absolute atomic E-state index is 6.49. The van der Waals surface area contributed by atoms with E-state index in [1.165, 1.54) is 16.3 Å². The Balaban J connectivity index is 1.29. The fourth-order valence-electron chi connectivity index (χ4n) is 6.69. The van der Waals surface area contributed by atoms with E-state index in [1.807, 2.05) is 72.8 Å². The number of aromatic nitrogens is 3. The molecule has 0 saturated carbocycles. The number of hydrogen-bond acceptors (Lipinski definition) is 5. The molecule has 0 bridgehead atoms. The van der Waals surface area contributed by atoms with E-state index in [1.54, 1.807) is 0 Å². The largest absolute Gasteiger partial charge is 0.456 e. The van der Waals surface area contributed by atoms with Crippen LogP contribution in [0.2, 0.25) is 0 Å². The molecule has 9 rings (SSSR count). The van der Waals surface area contributed by atoms with Crippen molar-refractivity contribution in [2.75, 3.05) is 4.90 Å². The van der Waals surface area contributed by atoms with Gasteiger partial charge in [0.1, 0.15) is 11.2 Å². The molecule has 2 heterocycles. The molecule has 2 aromatic heterocycles. The van der Waals surface area contributed by atoms with Crippen molar-refractivity contribution in [1.82, 2.24) is 15.0 Å². The average Bonchev–Trinajstić information content (AvgIpc) is 3.55. The molecule has 0 N–H and O–H groups in total. The number of benzene rings is 7. The Labute approximate surface area is 283 Å². The number of furan rings is 1. The van der Waals surface area contributed by atoms with Crippen LogP contribution in [-0.4, -0.2) is 15.0 Å². The van der Waals surface area contributed by atoms with Crippen LogP contribution < -0.4 is 4.90 Å². The van der Waals surface area contributed by atoms with E-state index >= 15 is 0 Å². The first-order valence-corrected chi connectivity index (χ1v) is 16.4. The lowest BCUT2D eigenvalue weighted by atomic mass is 10.0. The van der Waals surface area contributed by atoms with Gasteiger partial charge in [-0.15, -0.1) is 0 Å². The highest BCUT2D eigenvalue weighted by Gasteiger charge is 2.21. The predicted octanol–water partition coefficient (Wildman–Crippen LogP) is 11.7. The molecule has 5 nitrogen and oxygen atoms in total. The first-order valence-electron chi connectivity index (χ1n) is 16.4. The van der Waals surface area contributed by atoms with Crippen LogP contribution in [0.15, 0.2) is 168 Å². The van der Waals surface area contributed by atoms with Gasteiger partial charge in [0.15, 0.2) is 17.5 Å². The maximum Gasteiger partial charge on any atom is 0.164 e. The van der Waals surface area contributed by atoms with Crippen LogP contribution in [0.4, 0.5) is 17.1 Å². The molecule has 7 aromatic carbocycles. The minimum Gasteiger partial charge on any atom is -0.456 e. The van der Waals surface area contributed by atoms with Gasteiger partial charge in [-0.1, -0.05) is 127 Å². The lowest BCUT2D eigenvalue weighted by molar-refractivity contribution is 0.669. The first kappa shape index (κ1) is 28.6. The summed E-state index contributed by atoms with van der Waals surface area (Å²) in [5, 5.41) is 4.32. The van der Waals surface area contributed by atoms with Gasteiger partial charge in [0.05, 0.1) is 5.69 Å². The van der Waals surface area contributed by atoms with Crippen LogP contribution in [0.25, 0.3) is 66.9 Å². The highest BCUT2D eigenvalue weighted by atomic mass is 16.3. The third-order valence-corrected chi connectivity index (χ3v) is 9.04. The summed E-state index contributed by atoms with van der Waals surface area (Å²) in [6.45, 7) is 2.16. The topological polar surface area (TPSA) is 55.1 Å². The third kappa shape index (κ3) is 5.09. The predicted molar refractivity (Wildman–Crippen MR) is 200 cm³/mol. The Morgan fingerprint density at radius 2 is 1.08 bits per heavy atom. The molecule has 0 fully saturated rings. The van der Waals surface area contributed by atoms with Crippen LogP contribution >= 0.6 is 0 Å². The summed E-state index contributed by atoms with van der Waals surface area (Å²) >= 11 is 0. The Kier molecular flexibility index (Phi) is 6.95. The molecular formula is C44H30N4O. The second kappa shape index (κ2) is 11.9. The zero-order chi connectivity index (χ0) is 32.7. The Bertz CT molecular complexity index is 2570. The molecule has 0 unspecified atom stereocenters. The van der Waals surface area contributed by atoms with Crippen LogP contribution in [0.3, 0.4) is 0 Å². The number of para-hydroxylation sites is 1. The van der Waals surface area contributed by atoms with Gasteiger partial charge < -0.3 is 9.32 Å². The number of aryl methyl sites for hydroxylation is 1. The second-order valence-corrected chi connectivity index (χ2v) is 12.1. The van der Waals surface area contributed by atoms with Crippen molar-refractivity contribution in [1.29, 1.82) is 0 Å². The van der Waals surface area contributed by atoms with Crippen molar-refractivity contribution in [3.63, 3.8) is 0 Å². The second-order valence-electron chi connectivity index (χ2n) is 12.1. The molecule has 0 spiro atoms. The van der Waals surface area contributed by atoms with Crippen LogP contribution in [0.5, 0.6) is 0 Å². The van der Waals surface area contributed by atoms with Gasteiger partial charge in [-0.05, 0) is 54.3 Å². The summed E-state index contributed by atoms with van der Waals surface area (Å²) in [5.41, 5.74) is 8.76. The zero-order valence-corrected chi connectivity index (χ0v) is 26.8. The number of fused-ring (bicyclic) bond motifs is 4. The third-order valence-electron chi connectivity index (χ3n) is 9.04. The van der Waals surface area contributed by atoms with Crippen molar-refractivity contribution in [3.05, 3.63) is 169 Å². The number of hydrogen-bond donors (Lipinski definition) is 0. The zero-order valence-electron chi connectivity index (χ0n) is 26.8. The average molecular weight is 631 g/mol. The summed E-state index contributed by atoms with van der Waals surface area (Å²) in [6.07, 6.45) is 0. The first-order chi connectivity index (χ1) is 24.2. The van der Waals surface area contributed by atoms with E-state index < -0.39 is 0 Å². The van der Waals surface area contributed by atoms with E-state index in [9.17, 15) is 0 Å². The SMILES string of the molecule is Cc1ccccc1N(c1ccc2oc3cccc(-c4nc(-c5ccccc5)nc(-c5ccccc5)n4)c3c2c1)c1cccc2ccccc12. The molecule has 0 radical (unpaired) electrons. The smallest absolute Gasteiger partial charge is 0.164 e. The summed E-state index contributed by atoms with van der Waals surface area (Å²) in [6, 6.07) is 56.2. The van der Waals surface area contributed by atoms with Crippen molar-refractivity contribution >= 4 is 49.8 Å². The summed E-state index contributed by atoms with van der Waals surface area (Å²) in [5.74, 6) is 1.84.